The number of aliphatic hydroxyl groups excluding tert-OH is 1. The van der Waals surface area contributed by atoms with Crippen molar-refractivity contribution in [2.75, 3.05) is 43.9 Å². The molecule has 1 aliphatic heterocycles. The highest BCUT2D eigenvalue weighted by Gasteiger charge is 2.32. The summed E-state index contributed by atoms with van der Waals surface area (Å²) in [4.78, 5) is 29.9. The van der Waals surface area contributed by atoms with Gasteiger partial charge >= 0.3 is 6.03 Å². The van der Waals surface area contributed by atoms with Crippen molar-refractivity contribution >= 4 is 23.3 Å². The molecule has 0 aromatic heterocycles. The number of aliphatic hydroxyl groups is 1. The van der Waals surface area contributed by atoms with Gasteiger partial charge in [-0.2, -0.15) is 0 Å². The maximum absolute atomic E-state index is 13.3. The Morgan fingerprint density at radius 2 is 1.84 bits per heavy atom. The number of ether oxygens (including phenoxy) is 1. The number of amides is 3. The van der Waals surface area contributed by atoms with Gasteiger partial charge in [-0.05, 0) is 75.2 Å². The second kappa shape index (κ2) is 11.9. The standard InChI is InChI=1S/C28H37FN4O4/c1-18-14-33(19(2)17-34)27(35)13-21-12-24(31-28(36)30-23-8-6-22(29)7-9-23)10-11-25(21)37-26(18)16-32(3)15-20-4-5-20/h6-12,18-20,26,34H,4-5,13-17H2,1-3H3,(H2,30,31,36)/t18-,19+,26+/m0/s1. The molecule has 0 spiro atoms. The molecule has 200 valence electrons. The second-order valence-corrected chi connectivity index (χ2v) is 10.5. The lowest BCUT2D eigenvalue weighted by molar-refractivity contribution is -0.134. The number of hydrogen-bond donors (Lipinski definition) is 3. The highest BCUT2D eigenvalue weighted by atomic mass is 19.1. The van der Waals surface area contributed by atoms with Crippen molar-refractivity contribution in [3.63, 3.8) is 0 Å². The number of likely N-dealkylation sites (N-methyl/N-ethyl adjacent to an activating group) is 1. The number of benzene rings is 2. The monoisotopic (exact) mass is 512 g/mol. The Morgan fingerprint density at radius 1 is 1.16 bits per heavy atom. The molecule has 9 heteroatoms. The summed E-state index contributed by atoms with van der Waals surface area (Å²) in [7, 11) is 2.11. The molecular formula is C28H37FN4O4. The molecule has 2 aromatic rings. The zero-order valence-electron chi connectivity index (χ0n) is 21.7. The molecule has 1 aliphatic carbocycles. The Balaban J connectivity index is 1.54. The van der Waals surface area contributed by atoms with Gasteiger partial charge < -0.3 is 30.3 Å². The van der Waals surface area contributed by atoms with Crippen LogP contribution in [0.25, 0.3) is 0 Å². The highest BCUT2D eigenvalue weighted by molar-refractivity contribution is 5.99. The number of anilines is 2. The van der Waals surface area contributed by atoms with Crippen LogP contribution in [0.1, 0.15) is 32.3 Å². The van der Waals surface area contributed by atoms with E-state index in [9.17, 15) is 19.1 Å². The van der Waals surface area contributed by atoms with Crippen molar-refractivity contribution in [2.45, 2.75) is 45.3 Å². The first kappa shape index (κ1) is 26.9. The third-order valence-corrected chi connectivity index (χ3v) is 7.03. The van der Waals surface area contributed by atoms with E-state index in [0.717, 1.165) is 19.0 Å². The van der Waals surface area contributed by atoms with Crippen molar-refractivity contribution in [1.82, 2.24) is 9.80 Å². The van der Waals surface area contributed by atoms with Gasteiger partial charge in [0.25, 0.3) is 0 Å². The molecule has 0 radical (unpaired) electrons. The van der Waals surface area contributed by atoms with E-state index in [-0.39, 0.29) is 42.8 Å². The summed E-state index contributed by atoms with van der Waals surface area (Å²) in [6.45, 7) is 6.05. The van der Waals surface area contributed by atoms with Crippen LogP contribution in [0.5, 0.6) is 5.75 Å². The maximum atomic E-state index is 13.3. The topological polar surface area (TPSA) is 94.1 Å². The quantitative estimate of drug-likeness (QED) is 0.498. The van der Waals surface area contributed by atoms with E-state index < -0.39 is 6.03 Å². The Bertz CT molecular complexity index is 1090. The fraction of sp³-hybridized carbons (Fsp3) is 0.500. The first-order valence-electron chi connectivity index (χ1n) is 12.9. The van der Waals surface area contributed by atoms with Crippen LogP contribution in [0.15, 0.2) is 42.5 Å². The Labute approximate surface area is 217 Å². The van der Waals surface area contributed by atoms with Crippen LogP contribution in [0.3, 0.4) is 0 Å². The number of fused-ring (bicyclic) bond motifs is 1. The summed E-state index contributed by atoms with van der Waals surface area (Å²) >= 11 is 0. The third kappa shape index (κ3) is 7.42. The lowest BCUT2D eigenvalue weighted by Gasteiger charge is -2.34. The van der Waals surface area contributed by atoms with Gasteiger partial charge in [-0.1, -0.05) is 6.92 Å². The molecule has 37 heavy (non-hydrogen) atoms. The van der Waals surface area contributed by atoms with Crippen LogP contribution in [-0.4, -0.2) is 72.3 Å². The normalized spacial score (nSPS) is 20.8. The van der Waals surface area contributed by atoms with E-state index in [1.54, 1.807) is 23.1 Å². The molecule has 1 fully saturated rings. The summed E-state index contributed by atoms with van der Waals surface area (Å²) in [6.07, 6.45) is 2.48. The molecule has 4 rings (SSSR count). The molecule has 8 nitrogen and oxygen atoms in total. The average Bonchev–Trinajstić information content (AvgIpc) is 3.67. The Hall–Kier alpha value is -3.17. The molecule has 0 saturated heterocycles. The van der Waals surface area contributed by atoms with Crippen LogP contribution >= 0.6 is 0 Å². The van der Waals surface area contributed by atoms with Crippen LogP contribution in [0.2, 0.25) is 0 Å². The van der Waals surface area contributed by atoms with Gasteiger partial charge in [0.15, 0.2) is 0 Å². The Kier molecular flexibility index (Phi) is 8.66. The van der Waals surface area contributed by atoms with Gasteiger partial charge in [-0.25, -0.2) is 9.18 Å². The fourth-order valence-electron chi connectivity index (χ4n) is 4.67. The number of hydrogen-bond acceptors (Lipinski definition) is 5. The number of halogens is 1. The molecule has 0 unspecified atom stereocenters. The van der Waals surface area contributed by atoms with Crippen LogP contribution in [0.4, 0.5) is 20.6 Å². The van der Waals surface area contributed by atoms with Crippen molar-refractivity contribution in [2.24, 2.45) is 11.8 Å². The van der Waals surface area contributed by atoms with E-state index in [1.165, 1.54) is 37.1 Å². The zero-order chi connectivity index (χ0) is 26.5. The number of nitrogens with one attached hydrogen (secondary N) is 2. The number of carbonyl (C=O) groups is 2. The number of rotatable bonds is 8. The third-order valence-electron chi connectivity index (χ3n) is 7.03. The molecule has 1 heterocycles. The minimum Gasteiger partial charge on any atom is -0.488 e. The van der Waals surface area contributed by atoms with Crippen LogP contribution in [0, 0.1) is 17.7 Å². The summed E-state index contributed by atoms with van der Waals surface area (Å²) in [5.74, 6) is 0.936. The van der Waals surface area contributed by atoms with Gasteiger partial charge in [-0.15, -0.1) is 0 Å². The molecule has 3 N–H and O–H groups in total. The molecule has 3 amide bonds. The lowest BCUT2D eigenvalue weighted by atomic mass is 10.0. The van der Waals surface area contributed by atoms with E-state index in [2.05, 4.69) is 29.5 Å². The smallest absolute Gasteiger partial charge is 0.323 e. The van der Waals surface area contributed by atoms with E-state index in [1.807, 2.05) is 6.92 Å². The minimum atomic E-state index is -0.481. The SMILES string of the molecule is C[C@H](CO)N1C[C@H](C)[C@@H](CN(C)CC2CC2)Oc2ccc(NC(=O)Nc3ccc(F)cc3)cc2CC1=O. The molecule has 2 aromatic carbocycles. The van der Waals surface area contributed by atoms with Gasteiger partial charge in [0.05, 0.1) is 19.1 Å². The highest BCUT2D eigenvalue weighted by Crippen LogP contribution is 2.31. The first-order chi connectivity index (χ1) is 17.7. The van der Waals surface area contributed by atoms with Crippen molar-refractivity contribution in [1.29, 1.82) is 0 Å². The zero-order valence-corrected chi connectivity index (χ0v) is 21.7. The molecule has 3 atom stereocenters. The molecular weight excluding hydrogens is 475 g/mol. The summed E-state index contributed by atoms with van der Waals surface area (Å²) in [5, 5.41) is 15.2. The summed E-state index contributed by atoms with van der Waals surface area (Å²) < 4.78 is 19.7. The lowest BCUT2D eigenvalue weighted by Crippen LogP contribution is -2.47. The predicted molar refractivity (Wildman–Crippen MR) is 141 cm³/mol. The second-order valence-electron chi connectivity index (χ2n) is 10.5. The predicted octanol–water partition coefficient (Wildman–Crippen LogP) is 3.96. The average molecular weight is 513 g/mol. The number of nitrogens with zero attached hydrogens (tertiary/aromatic N) is 2. The molecule has 2 aliphatic rings. The van der Waals surface area contributed by atoms with Crippen LogP contribution in [-0.2, 0) is 11.2 Å². The fourth-order valence-corrected chi connectivity index (χ4v) is 4.67. The van der Waals surface area contributed by atoms with E-state index in [0.29, 0.717) is 29.2 Å². The first-order valence-corrected chi connectivity index (χ1v) is 12.9. The molecule has 1 saturated carbocycles. The summed E-state index contributed by atoms with van der Waals surface area (Å²) in [6, 6.07) is 9.98. The number of carbonyl (C=O) groups excluding carboxylic acids is 2. The van der Waals surface area contributed by atoms with Crippen molar-refractivity contribution < 1.29 is 23.8 Å². The molecule has 0 bridgehead atoms. The summed E-state index contributed by atoms with van der Waals surface area (Å²) in [5.41, 5.74) is 1.64. The van der Waals surface area contributed by atoms with Crippen LogP contribution < -0.4 is 15.4 Å². The minimum absolute atomic E-state index is 0.0461. The van der Waals surface area contributed by atoms with Gasteiger partial charge in [0, 0.05) is 42.5 Å². The number of urea groups is 1. The van der Waals surface area contributed by atoms with Gasteiger partial charge in [0.1, 0.15) is 17.7 Å². The van der Waals surface area contributed by atoms with Crippen molar-refractivity contribution in [3.05, 3.63) is 53.8 Å². The maximum Gasteiger partial charge on any atom is 0.323 e. The van der Waals surface area contributed by atoms with Gasteiger partial charge in [-0.3, -0.25) is 4.79 Å². The largest absolute Gasteiger partial charge is 0.488 e. The van der Waals surface area contributed by atoms with E-state index in [4.69, 9.17) is 4.74 Å². The van der Waals surface area contributed by atoms with Gasteiger partial charge in [0.2, 0.25) is 5.91 Å². The van der Waals surface area contributed by atoms with Crippen molar-refractivity contribution in [3.8, 4) is 5.75 Å². The Morgan fingerprint density at radius 3 is 2.51 bits per heavy atom. The van der Waals surface area contributed by atoms with E-state index >= 15 is 0 Å².